The number of methoxy groups -OCH3 is 1. The number of ether oxygens (including phenoxy) is 1. The molecule has 1 aromatic carbocycles. The molecule has 1 aromatic heterocycles. The van der Waals surface area contributed by atoms with Crippen LogP contribution in [0.1, 0.15) is 22.9 Å². The molecule has 1 unspecified atom stereocenters. The lowest BCUT2D eigenvalue weighted by Gasteiger charge is -2.16. The summed E-state index contributed by atoms with van der Waals surface area (Å²) in [6.45, 7) is 1.99. The number of hydrogen-bond acceptors (Lipinski definition) is 3. The quantitative estimate of drug-likeness (QED) is 0.879. The Balaban J connectivity index is 2.18. The van der Waals surface area contributed by atoms with Crippen LogP contribution in [0.3, 0.4) is 0 Å². The zero-order valence-electron chi connectivity index (χ0n) is 11.1. The Hall–Kier alpha value is -1.74. The number of likely N-dealkylation sites (N-methyl/N-ethyl adjacent to an activating group) is 1. The van der Waals surface area contributed by atoms with E-state index in [9.17, 15) is 0 Å². The second kappa shape index (κ2) is 5.74. The van der Waals surface area contributed by atoms with Crippen molar-refractivity contribution in [1.29, 1.82) is 0 Å². The summed E-state index contributed by atoms with van der Waals surface area (Å²) in [6, 6.07) is 10.4. The van der Waals surface area contributed by atoms with E-state index >= 15 is 0 Å². The Morgan fingerprint density at radius 2 is 2.17 bits per heavy atom. The van der Waals surface area contributed by atoms with Crippen molar-refractivity contribution in [1.82, 2.24) is 5.32 Å². The van der Waals surface area contributed by atoms with Crippen molar-refractivity contribution in [3.63, 3.8) is 0 Å². The third-order valence-electron chi connectivity index (χ3n) is 3.20. The van der Waals surface area contributed by atoms with Crippen molar-refractivity contribution in [3.8, 4) is 5.75 Å². The molecular formula is C15H19NO2. The Kier molecular flexibility index (Phi) is 4.05. The second-order valence-corrected chi connectivity index (χ2v) is 4.33. The first kappa shape index (κ1) is 12.7. The van der Waals surface area contributed by atoms with Gasteiger partial charge in [0.2, 0.25) is 0 Å². The molecule has 0 amide bonds. The SMILES string of the molecule is CNC(Cc1cccc(OC)c1)c1ccoc1C. The lowest BCUT2D eigenvalue weighted by Crippen LogP contribution is -2.19. The second-order valence-electron chi connectivity index (χ2n) is 4.33. The van der Waals surface area contributed by atoms with Gasteiger partial charge in [0, 0.05) is 11.6 Å². The molecule has 1 heterocycles. The van der Waals surface area contributed by atoms with E-state index in [4.69, 9.17) is 9.15 Å². The molecule has 0 aliphatic heterocycles. The van der Waals surface area contributed by atoms with Crippen LogP contribution in [-0.4, -0.2) is 14.2 Å². The minimum absolute atomic E-state index is 0.260. The van der Waals surface area contributed by atoms with Gasteiger partial charge in [-0.2, -0.15) is 0 Å². The molecule has 0 saturated heterocycles. The highest BCUT2D eigenvalue weighted by Crippen LogP contribution is 2.23. The molecule has 0 aliphatic carbocycles. The first-order chi connectivity index (χ1) is 8.74. The number of furan rings is 1. The summed E-state index contributed by atoms with van der Waals surface area (Å²) in [5, 5.41) is 3.33. The van der Waals surface area contributed by atoms with Crippen LogP contribution in [0.2, 0.25) is 0 Å². The topological polar surface area (TPSA) is 34.4 Å². The fourth-order valence-electron chi connectivity index (χ4n) is 2.16. The summed E-state index contributed by atoms with van der Waals surface area (Å²) in [5.74, 6) is 1.86. The Bertz CT molecular complexity index is 505. The standard InChI is InChI=1S/C15H19NO2/c1-11-14(7-8-18-11)15(16-2)10-12-5-4-6-13(9-12)17-3/h4-9,15-16H,10H2,1-3H3. The normalized spacial score (nSPS) is 12.4. The van der Waals surface area contributed by atoms with E-state index in [0.29, 0.717) is 0 Å². The van der Waals surface area contributed by atoms with Gasteiger partial charge in [0.15, 0.2) is 0 Å². The Labute approximate surface area is 108 Å². The van der Waals surface area contributed by atoms with Gasteiger partial charge < -0.3 is 14.5 Å². The van der Waals surface area contributed by atoms with Crippen molar-refractivity contribution < 1.29 is 9.15 Å². The summed E-state index contributed by atoms with van der Waals surface area (Å²) in [5.41, 5.74) is 2.45. The number of benzene rings is 1. The molecule has 0 radical (unpaired) electrons. The fraction of sp³-hybridized carbons (Fsp3) is 0.333. The summed E-state index contributed by atoms with van der Waals surface area (Å²) in [4.78, 5) is 0. The zero-order chi connectivity index (χ0) is 13.0. The van der Waals surface area contributed by atoms with Gasteiger partial charge in [0.25, 0.3) is 0 Å². The van der Waals surface area contributed by atoms with Crippen LogP contribution in [0.4, 0.5) is 0 Å². The van der Waals surface area contributed by atoms with Gasteiger partial charge in [-0.05, 0) is 44.2 Å². The summed E-state index contributed by atoms with van der Waals surface area (Å²) in [7, 11) is 3.66. The first-order valence-corrected chi connectivity index (χ1v) is 6.08. The van der Waals surface area contributed by atoms with Gasteiger partial charge in [0.1, 0.15) is 11.5 Å². The van der Waals surface area contributed by atoms with Crippen molar-refractivity contribution in [3.05, 3.63) is 53.5 Å². The third kappa shape index (κ3) is 2.74. The molecule has 0 aliphatic rings. The summed E-state index contributed by atoms with van der Waals surface area (Å²) >= 11 is 0. The maximum absolute atomic E-state index is 5.37. The predicted molar refractivity (Wildman–Crippen MR) is 71.9 cm³/mol. The maximum atomic E-state index is 5.37. The highest BCUT2D eigenvalue weighted by atomic mass is 16.5. The molecule has 18 heavy (non-hydrogen) atoms. The molecule has 1 atom stereocenters. The monoisotopic (exact) mass is 245 g/mol. The zero-order valence-corrected chi connectivity index (χ0v) is 11.1. The van der Waals surface area contributed by atoms with Crippen molar-refractivity contribution >= 4 is 0 Å². The van der Waals surface area contributed by atoms with Crippen LogP contribution in [0.5, 0.6) is 5.75 Å². The van der Waals surface area contributed by atoms with E-state index in [2.05, 4.69) is 17.4 Å². The molecule has 1 N–H and O–H groups in total. The smallest absolute Gasteiger partial charge is 0.119 e. The molecule has 2 aromatic rings. The van der Waals surface area contributed by atoms with E-state index in [1.165, 1.54) is 11.1 Å². The fourth-order valence-corrected chi connectivity index (χ4v) is 2.16. The molecule has 2 rings (SSSR count). The molecule has 3 heteroatoms. The van der Waals surface area contributed by atoms with E-state index in [0.717, 1.165) is 17.9 Å². The molecule has 96 valence electrons. The highest BCUT2D eigenvalue weighted by Gasteiger charge is 2.14. The maximum Gasteiger partial charge on any atom is 0.119 e. The van der Waals surface area contributed by atoms with Gasteiger partial charge in [-0.15, -0.1) is 0 Å². The van der Waals surface area contributed by atoms with E-state index in [-0.39, 0.29) is 6.04 Å². The minimum atomic E-state index is 0.260. The van der Waals surface area contributed by atoms with Crippen LogP contribution in [-0.2, 0) is 6.42 Å². The minimum Gasteiger partial charge on any atom is -0.497 e. The number of aryl methyl sites for hydroxylation is 1. The Morgan fingerprint density at radius 1 is 1.33 bits per heavy atom. The predicted octanol–water partition coefficient (Wildman–Crippen LogP) is 3.10. The van der Waals surface area contributed by atoms with Gasteiger partial charge in [-0.3, -0.25) is 0 Å². The van der Waals surface area contributed by atoms with Crippen LogP contribution >= 0.6 is 0 Å². The summed E-state index contributed by atoms with van der Waals surface area (Å²) in [6.07, 6.45) is 2.65. The average molecular weight is 245 g/mol. The average Bonchev–Trinajstić information content (AvgIpc) is 2.82. The van der Waals surface area contributed by atoms with Crippen LogP contribution in [0.25, 0.3) is 0 Å². The first-order valence-electron chi connectivity index (χ1n) is 6.08. The van der Waals surface area contributed by atoms with Gasteiger partial charge in [0.05, 0.1) is 13.4 Å². The molecule has 0 spiro atoms. The van der Waals surface area contributed by atoms with E-state index < -0.39 is 0 Å². The van der Waals surface area contributed by atoms with Gasteiger partial charge in [-0.1, -0.05) is 12.1 Å². The molecule has 0 saturated carbocycles. The molecule has 0 fully saturated rings. The molecule has 3 nitrogen and oxygen atoms in total. The van der Waals surface area contributed by atoms with Crippen LogP contribution < -0.4 is 10.1 Å². The van der Waals surface area contributed by atoms with Gasteiger partial charge in [-0.25, -0.2) is 0 Å². The number of hydrogen-bond donors (Lipinski definition) is 1. The lowest BCUT2D eigenvalue weighted by atomic mass is 9.99. The van der Waals surface area contributed by atoms with Crippen LogP contribution in [0, 0.1) is 6.92 Å². The number of rotatable bonds is 5. The third-order valence-corrected chi connectivity index (χ3v) is 3.20. The largest absolute Gasteiger partial charge is 0.497 e. The Morgan fingerprint density at radius 3 is 2.78 bits per heavy atom. The van der Waals surface area contributed by atoms with Crippen molar-refractivity contribution in [2.45, 2.75) is 19.4 Å². The lowest BCUT2D eigenvalue weighted by molar-refractivity contribution is 0.414. The van der Waals surface area contributed by atoms with Crippen molar-refractivity contribution in [2.24, 2.45) is 0 Å². The van der Waals surface area contributed by atoms with Gasteiger partial charge >= 0.3 is 0 Å². The molecular weight excluding hydrogens is 226 g/mol. The van der Waals surface area contributed by atoms with E-state index in [1.807, 2.05) is 32.2 Å². The van der Waals surface area contributed by atoms with Crippen molar-refractivity contribution in [2.75, 3.05) is 14.2 Å². The highest BCUT2D eigenvalue weighted by molar-refractivity contribution is 5.31. The molecule has 0 bridgehead atoms. The number of nitrogens with one attached hydrogen (secondary N) is 1. The van der Waals surface area contributed by atoms with E-state index in [1.54, 1.807) is 13.4 Å². The summed E-state index contributed by atoms with van der Waals surface area (Å²) < 4.78 is 10.6. The van der Waals surface area contributed by atoms with Crippen LogP contribution in [0.15, 0.2) is 41.0 Å².